The summed E-state index contributed by atoms with van der Waals surface area (Å²) in [5, 5.41) is 3.14. The lowest BCUT2D eigenvalue weighted by Crippen LogP contribution is -2.36. The number of ether oxygens (including phenoxy) is 1. The van der Waals surface area contributed by atoms with E-state index in [-0.39, 0.29) is 11.9 Å². The number of carbonyl (C=O) groups is 1. The zero-order valence-corrected chi connectivity index (χ0v) is 29.6. The third-order valence-electron chi connectivity index (χ3n) is 6.24. The van der Waals surface area contributed by atoms with E-state index in [1.807, 2.05) is 40.7 Å². The first-order chi connectivity index (χ1) is 19.7. The highest BCUT2D eigenvalue weighted by molar-refractivity contribution is 5.88. The van der Waals surface area contributed by atoms with Crippen LogP contribution in [0.2, 0.25) is 0 Å². The molecule has 1 N–H and O–H groups in total. The van der Waals surface area contributed by atoms with Crippen LogP contribution >= 0.6 is 0 Å². The second-order valence-electron chi connectivity index (χ2n) is 12.1. The number of amides is 1. The number of rotatable bonds is 14. The van der Waals surface area contributed by atoms with Crippen LogP contribution in [0, 0.1) is 5.92 Å². The van der Waals surface area contributed by atoms with Crippen LogP contribution in [0.5, 0.6) is 0 Å². The summed E-state index contributed by atoms with van der Waals surface area (Å²) in [5.74, 6) is 1.17. The highest BCUT2D eigenvalue weighted by Gasteiger charge is 2.56. The van der Waals surface area contributed by atoms with Crippen LogP contribution in [-0.2, 0) is 9.53 Å². The third-order valence-corrected chi connectivity index (χ3v) is 6.24. The molecular formula is C37H67N3O2. The Labute approximate surface area is 261 Å². The first-order valence-corrected chi connectivity index (χ1v) is 16.1. The van der Waals surface area contributed by atoms with Gasteiger partial charge in [-0.25, -0.2) is 0 Å². The maximum absolute atomic E-state index is 12.1. The quantitative estimate of drug-likeness (QED) is 0.0552. The summed E-state index contributed by atoms with van der Waals surface area (Å²) in [4.78, 5) is 16.8. The van der Waals surface area contributed by atoms with Gasteiger partial charge < -0.3 is 15.0 Å². The zero-order valence-electron chi connectivity index (χ0n) is 29.6. The molecule has 1 amide bonds. The molecule has 0 aromatic carbocycles. The minimum atomic E-state index is -0.0209. The van der Waals surface area contributed by atoms with Gasteiger partial charge in [0.2, 0.25) is 5.91 Å². The summed E-state index contributed by atoms with van der Waals surface area (Å²) in [6.45, 7) is 34.0. The summed E-state index contributed by atoms with van der Waals surface area (Å²) < 4.78 is 5.80. The van der Waals surface area contributed by atoms with Gasteiger partial charge in [0.05, 0.1) is 6.61 Å². The van der Waals surface area contributed by atoms with Crippen molar-refractivity contribution >= 4 is 5.91 Å². The topological polar surface area (TPSA) is 44.6 Å². The molecule has 3 atom stereocenters. The molecule has 0 radical (unpaired) electrons. The van der Waals surface area contributed by atoms with Gasteiger partial charge in [-0.3, -0.25) is 9.69 Å². The number of likely N-dealkylation sites (tertiary alicyclic amines) is 1. The highest BCUT2D eigenvalue weighted by atomic mass is 16.5. The summed E-state index contributed by atoms with van der Waals surface area (Å²) >= 11 is 0. The van der Waals surface area contributed by atoms with E-state index in [9.17, 15) is 4.79 Å². The largest absolute Gasteiger partial charge is 0.494 e. The van der Waals surface area contributed by atoms with Gasteiger partial charge in [0, 0.05) is 30.2 Å². The van der Waals surface area contributed by atoms with Crippen molar-refractivity contribution in [3.63, 3.8) is 0 Å². The minimum absolute atomic E-state index is 0.0209. The average Bonchev–Trinajstić information content (AvgIpc) is 3.39. The predicted molar refractivity (Wildman–Crippen MR) is 187 cm³/mol. The van der Waals surface area contributed by atoms with Crippen molar-refractivity contribution in [2.24, 2.45) is 5.92 Å². The number of allylic oxidation sites excluding steroid dienone is 5. The lowest BCUT2D eigenvalue weighted by atomic mass is 10.0. The Morgan fingerprint density at radius 3 is 1.93 bits per heavy atom. The molecule has 2 aliphatic rings. The Balaban J connectivity index is 0. The van der Waals surface area contributed by atoms with Gasteiger partial charge in [0.1, 0.15) is 5.76 Å². The van der Waals surface area contributed by atoms with Gasteiger partial charge in [0.15, 0.2) is 0 Å². The SMILES string of the molecule is C=C(C)/C=C/C(=O)NC1CC2C(C1)N2C(C)C(/C=C\C(=C)OCCCCN(C)C)=C/C(C)C.C=C(C)C.CC.CCC. The summed E-state index contributed by atoms with van der Waals surface area (Å²) in [6.07, 6.45) is 15.3. The molecule has 5 heteroatoms. The Bertz CT molecular complexity index is 865. The van der Waals surface area contributed by atoms with Crippen LogP contribution in [0.1, 0.15) is 101 Å². The zero-order chi connectivity index (χ0) is 32.8. The van der Waals surface area contributed by atoms with Crippen LogP contribution in [0.4, 0.5) is 0 Å². The third kappa shape index (κ3) is 20.5. The summed E-state index contributed by atoms with van der Waals surface area (Å²) in [6, 6.07) is 1.71. The second kappa shape index (κ2) is 24.1. The predicted octanol–water partition coefficient (Wildman–Crippen LogP) is 8.87. The van der Waals surface area contributed by atoms with E-state index in [1.165, 1.54) is 17.6 Å². The number of fused-ring (bicyclic) bond motifs is 1. The number of nitrogens with one attached hydrogen (secondary N) is 1. The van der Waals surface area contributed by atoms with Crippen molar-refractivity contribution < 1.29 is 9.53 Å². The maximum Gasteiger partial charge on any atom is 0.244 e. The second-order valence-corrected chi connectivity index (χ2v) is 12.1. The van der Waals surface area contributed by atoms with Crippen LogP contribution in [-0.4, -0.2) is 67.1 Å². The molecule has 1 aliphatic heterocycles. The molecule has 2 rings (SSSR count). The van der Waals surface area contributed by atoms with Crippen LogP contribution < -0.4 is 5.32 Å². The Hall–Kier alpha value is -2.37. The number of piperidine rings is 1. The van der Waals surface area contributed by atoms with E-state index >= 15 is 0 Å². The molecule has 0 aromatic heterocycles. The average molecular weight is 586 g/mol. The smallest absolute Gasteiger partial charge is 0.244 e. The Morgan fingerprint density at radius 2 is 1.48 bits per heavy atom. The van der Waals surface area contributed by atoms with Gasteiger partial charge in [-0.2, -0.15) is 0 Å². The highest BCUT2D eigenvalue weighted by Crippen LogP contribution is 2.45. The van der Waals surface area contributed by atoms with Crippen molar-refractivity contribution in [3.05, 3.63) is 72.6 Å². The van der Waals surface area contributed by atoms with E-state index in [1.54, 1.807) is 12.2 Å². The number of carbonyl (C=O) groups excluding carboxylic acids is 1. The van der Waals surface area contributed by atoms with E-state index < -0.39 is 0 Å². The molecule has 3 unspecified atom stereocenters. The molecule has 0 aromatic rings. The van der Waals surface area contributed by atoms with E-state index in [0.717, 1.165) is 43.6 Å². The maximum atomic E-state index is 12.1. The van der Waals surface area contributed by atoms with Crippen LogP contribution in [0.3, 0.4) is 0 Å². The molecule has 1 saturated carbocycles. The van der Waals surface area contributed by atoms with Crippen molar-refractivity contribution in [1.82, 2.24) is 15.1 Å². The van der Waals surface area contributed by atoms with Crippen molar-refractivity contribution in [1.29, 1.82) is 0 Å². The number of hydrogen-bond acceptors (Lipinski definition) is 4. The lowest BCUT2D eigenvalue weighted by molar-refractivity contribution is -0.117. The molecule has 2 fully saturated rings. The van der Waals surface area contributed by atoms with Gasteiger partial charge in [-0.15, -0.1) is 6.58 Å². The lowest BCUT2D eigenvalue weighted by Gasteiger charge is -2.23. The molecule has 0 bridgehead atoms. The molecule has 42 heavy (non-hydrogen) atoms. The van der Waals surface area contributed by atoms with Gasteiger partial charge in [-0.05, 0) is 91.6 Å². The van der Waals surface area contributed by atoms with Gasteiger partial charge in [0.25, 0.3) is 0 Å². The van der Waals surface area contributed by atoms with Crippen LogP contribution in [0.25, 0.3) is 0 Å². The normalized spacial score (nSPS) is 21.3. The molecule has 1 heterocycles. The first kappa shape index (κ1) is 41.8. The van der Waals surface area contributed by atoms with Crippen LogP contribution in [0.15, 0.2) is 72.6 Å². The summed E-state index contributed by atoms with van der Waals surface area (Å²) in [7, 11) is 4.18. The molecule has 1 aliphatic carbocycles. The first-order valence-electron chi connectivity index (χ1n) is 16.1. The fourth-order valence-corrected chi connectivity index (χ4v) is 4.61. The fourth-order valence-electron chi connectivity index (χ4n) is 4.61. The minimum Gasteiger partial charge on any atom is -0.494 e. The molecule has 5 nitrogen and oxygen atoms in total. The molecule has 0 spiro atoms. The van der Waals surface area contributed by atoms with Crippen molar-refractivity contribution in [2.75, 3.05) is 27.2 Å². The summed E-state index contributed by atoms with van der Waals surface area (Å²) in [5.41, 5.74) is 3.36. The van der Waals surface area contributed by atoms with E-state index in [2.05, 4.69) is 95.7 Å². The van der Waals surface area contributed by atoms with Crippen molar-refractivity contribution in [3.8, 4) is 0 Å². The van der Waals surface area contributed by atoms with E-state index in [0.29, 0.717) is 30.7 Å². The van der Waals surface area contributed by atoms with Crippen molar-refractivity contribution in [2.45, 2.75) is 126 Å². The molecule has 1 saturated heterocycles. The van der Waals surface area contributed by atoms with Gasteiger partial charge >= 0.3 is 0 Å². The monoisotopic (exact) mass is 586 g/mol. The van der Waals surface area contributed by atoms with Gasteiger partial charge in [-0.1, -0.05) is 90.5 Å². The number of hydrogen-bond donors (Lipinski definition) is 1. The number of nitrogens with zero attached hydrogens (tertiary/aromatic N) is 2. The molecule has 242 valence electrons. The van der Waals surface area contributed by atoms with E-state index in [4.69, 9.17) is 4.74 Å². The number of unbranched alkanes of at least 4 members (excludes halogenated alkanes) is 1. The standard InChI is InChI=1S/C28H45N3O2.C4H8.C3H8.C2H6/c1-20(2)11-14-28(32)29-25-18-26-27(19-25)31(26)23(6)24(17-21(3)4)13-12-22(5)33-16-10-9-15-30(7)8;1-4(2)3;1-3-2;1-2/h11-14,17,21,23,25-27H,1,5,9-10,15-16,18-19H2,2-4,6-8H3,(H,29,32);1H2,2-3H3;3H2,1-2H3;1-2H3/b13-12-,14-11+,24-17+;;;. The fraction of sp³-hybridized carbons (Fsp3) is 0.649. The Kier molecular flexibility index (Phi) is 24.0. The Morgan fingerprint density at radius 1 is 0.952 bits per heavy atom. The molecular weight excluding hydrogens is 518 g/mol.